The highest BCUT2D eigenvalue weighted by molar-refractivity contribution is 7.90. The van der Waals surface area contributed by atoms with Crippen LogP contribution in [0.4, 0.5) is 0 Å². The van der Waals surface area contributed by atoms with Crippen molar-refractivity contribution in [2.75, 3.05) is 6.54 Å². The molecule has 0 amide bonds. The second kappa shape index (κ2) is 5.18. The fraction of sp³-hybridized carbons (Fsp3) is 0.500. The summed E-state index contributed by atoms with van der Waals surface area (Å²) < 4.78 is 26.4. The van der Waals surface area contributed by atoms with Crippen LogP contribution in [0, 0.1) is 5.92 Å². The van der Waals surface area contributed by atoms with E-state index in [4.69, 9.17) is 5.73 Å². The zero-order valence-corrected chi connectivity index (χ0v) is 12.1. The van der Waals surface area contributed by atoms with Gasteiger partial charge in [0.15, 0.2) is 0 Å². The van der Waals surface area contributed by atoms with Crippen LogP contribution in [-0.4, -0.2) is 26.8 Å². The lowest BCUT2D eigenvalue weighted by atomic mass is 9.86. The Morgan fingerprint density at radius 3 is 2.65 bits per heavy atom. The average Bonchev–Trinajstić information content (AvgIpc) is 2.70. The van der Waals surface area contributed by atoms with Gasteiger partial charge < -0.3 is 5.73 Å². The number of aliphatic imine (C=N–C) groups is 1. The number of benzene rings is 1. The molecular weight excluding hydrogens is 274 g/mol. The molecule has 0 saturated heterocycles. The van der Waals surface area contributed by atoms with Crippen LogP contribution in [0.5, 0.6) is 0 Å². The summed E-state index contributed by atoms with van der Waals surface area (Å²) >= 11 is 0. The van der Waals surface area contributed by atoms with E-state index in [0.29, 0.717) is 34.8 Å². The van der Waals surface area contributed by atoms with E-state index in [1.165, 1.54) is 0 Å². The molecule has 1 saturated carbocycles. The lowest BCUT2D eigenvalue weighted by molar-refractivity contribution is 0.333. The molecule has 3 rings (SSSR count). The molecule has 0 atom stereocenters. The molecule has 2 aliphatic rings. The van der Waals surface area contributed by atoms with Crippen molar-refractivity contribution >= 4 is 15.9 Å². The smallest absolute Gasteiger partial charge is 0.263 e. The number of hydrogen-bond donors (Lipinski definition) is 2. The average molecular weight is 293 g/mol. The molecule has 0 radical (unpaired) electrons. The Labute approximate surface area is 119 Å². The van der Waals surface area contributed by atoms with Gasteiger partial charge in [-0.2, -0.15) is 0 Å². The normalized spacial score (nSPS) is 29.9. The molecular formula is C14H19N3O2S. The Hall–Kier alpha value is -1.40. The van der Waals surface area contributed by atoms with Crippen LogP contribution in [0.1, 0.15) is 31.2 Å². The molecule has 5 nitrogen and oxygen atoms in total. The number of fused-ring (bicyclic) bond motifs is 1. The van der Waals surface area contributed by atoms with Crippen molar-refractivity contribution in [2.45, 2.75) is 36.6 Å². The summed E-state index contributed by atoms with van der Waals surface area (Å²) in [6.07, 6.45) is 4.23. The lowest BCUT2D eigenvalue weighted by Gasteiger charge is -2.24. The molecule has 1 aliphatic heterocycles. The lowest BCUT2D eigenvalue weighted by Crippen LogP contribution is -2.28. The topological polar surface area (TPSA) is 84.5 Å². The fourth-order valence-corrected chi connectivity index (χ4v) is 4.09. The van der Waals surface area contributed by atoms with Gasteiger partial charge in [0, 0.05) is 18.2 Å². The van der Waals surface area contributed by atoms with Gasteiger partial charge >= 0.3 is 0 Å². The van der Waals surface area contributed by atoms with Crippen LogP contribution in [-0.2, 0) is 10.0 Å². The van der Waals surface area contributed by atoms with Gasteiger partial charge in [-0.3, -0.25) is 9.71 Å². The zero-order chi connectivity index (χ0) is 14.2. The standard InChI is InChI=1S/C14H19N3O2S/c15-11-7-5-10(6-8-11)9-16-14-12-3-1-2-4-13(12)20(18,19)17-14/h1-4,10-11H,5-9,15H2,(H,16,17). The number of hydrogen-bond acceptors (Lipinski definition) is 4. The minimum Gasteiger partial charge on any atom is -0.328 e. The molecule has 6 heteroatoms. The van der Waals surface area contributed by atoms with Gasteiger partial charge in [-0.1, -0.05) is 12.1 Å². The quantitative estimate of drug-likeness (QED) is 0.860. The minimum absolute atomic E-state index is 0.324. The van der Waals surface area contributed by atoms with Gasteiger partial charge in [0.25, 0.3) is 10.0 Å². The van der Waals surface area contributed by atoms with Gasteiger partial charge in [0.1, 0.15) is 5.84 Å². The molecule has 0 bridgehead atoms. The molecule has 3 N–H and O–H groups in total. The van der Waals surface area contributed by atoms with Crippen molar-refractivity contribution in [3.8, 4) is 0 Å². The second-order valence-electron chi connectivity index (χ2n) is 5.57. The Balaban J connectivity index is 1.77. The van der Waals surface area contributed by atoms with Gasteiger partial charge in [-0.15, -0.1) is 0 Å². The maximum Gasteiger partial charge on any atom is 0.263 e. The van der Waals surface area contributed by atoms with Crippen LogP contribution < -0.4 is 10.5 Å². The molecule has 0 aromatic heterocycles. The highest BCUT2D eigenvalue weighted by Gasteiger charge is 2.30. The second-order valence-corrected chi connectivity index (χ2v) is 7.22. The maximum atomic E-state index is 11.9. The van der Waals surface area contributed by atoms with Gasteiger partial charge in [-0.05, 0) is 43.7 Å². The molecule has 1 heterocycles. The zero-order valence-electron chi connectivity index (χ0n) is 11.2. The van der Waals surface area contributed by atoms with Crippen molar-refractivity contribution in [3.05, 3.63) is 29.8 Å². The molecule has 1 fully saturated rings. The fourth-order valence-electron chi connectivity index (χ4n) is 2.84. The van der Waals surface area contributed by atoms with Gasteiger partial charge in [0.05, 0.1) is 4.90 Å². The molecule has 0 spiro atoms. The van der Waals surface area contributed by atoms with E-state index in [0.717, 1.165) is 25.7 Å². The van der Waals surface area contributed by atoms with Crippen LogP contribution in [0.25, 0.3) is 0 Å². The Morgan fingerprint density at radius 2 is 1.90 bits per heavy atom. The summed E-state index contributed by atoms with van der Waals surface area (Å²) in [5.74, 6) is 0.995. The third kappa shape index (κ3) is 2.58. The summed E-state index contributed by atoms with van der Waals surface area (Å²) in [5, 5.41) is 0. The van der Waals surface area contributed by atoms with E-state index in [2.05, 4.69) is 9.71 Å². The number of rotatable bonds is 2. The van der Waals surface area contributed by atoms with Crippen LogP contribution >= 0.6 is 0 Å². The Bertz CT molecular complexity index is 632. The summed E-state index contributed by atoms with van der Waals surface area (Å²) in [6, 6.07) is 7.28. The number of sulfonamides is 1. The van der Waals surface area contributed by atoms with Crippen molar-refractivity contribution < 1.29 is 8.42 Å². The summed E-state index contributed by atoms with van der Waals surface area (Å²) in [5.41, 5.74) is 6.57. The summed E-state index contributed by atoms with van der Waals surface area (Å²) in [6.45, 7) is 0.666. The highest BCUT2D eigenvalue weighted by Crippen LogP contribution is 2.25. The van der Waals surface area contributed by atoms with E-state index >= 15 is 0 Å². The van der Waals surface area contributed by atoms with E-state index in [9.17, 15) is 8.42 Å². The number of nitrogens with one attached hydrogen (secondary N) is 1. The van der Waals surface area contributed by atoms with Crippen LogP contribution in [0.3, 0.4) is 0 Å². The first-order chi connectivity index (χ1) is 9.56. The van der Waals surface area contributed by atoms with Crippen LogP contribution in [0.15, 0.2) is 34.2 Å². The van der Waals surface area contributed by atoms with Crippen molar-refractivity contribution in [1.82, 2.24) is 4.72 Å². The Kier molecular flexibility index (Phi) is 3.52. The summed E-state index contributed by atoms with van der Waals surface area (Å²) in [7, 11) is -3.42. The largest absolute Gasteiger partial charge is 0.328 e. The first-order valence-corrected chi connectivity index (χ1v) is 8.47. The van der Waals surface area contributed by atoms with Crippen LogP contribution in [0.2, 0.25) is 0 Å². The van der Waals surface area contributed by atoms with E-state index < -0.39 is 10.0 Å². The first kappa shape index (κ1) is 13.6. The predicted molar refractivity (Wildman–Crippen MR) is 78.1 cm³/mol. The molecule has 108 valence electrons. The number of nitrogens with two attached hydrogens (primary N) is 1. The predicted octanol–water partition coefficient (Wildman–Crippen LogP) is 1.24. The van der Waals surface area contributed by atoms with E-state index in [1.54, 1.807) is 18.2 Å². The van der Waals surface area contributed by atoms with Crippen molar-refractivity contribution in [1.29, 1.82) is 0 Å². The van der Waals surface area contributed by atoms with Gasteiger partial charge in [0.2, 0.25) is 0 Å². The van der Waals surface area contributed by atoms with E-state index in [1.807, 2.05) is 6.07 Å². The maximum absolute atomic E-state index is 11.9. The molecule has 20 heavy (non-hydrogen) atoms. The SMILES string of the molecule is NC1CCC(CN=C2NS(=O)(=O)c3ccccc32)CC1. The minimum atomic E-state index is -3.42. The molecule has 1 aliphatic carbocycles. The van der Waals surface area contributed by atoms with E-state index in [-0.39, 0.29) is 0 Å². The molecule has 0 unspecified atom stereocenters. The first-order valence-electron chi connectivity index (χ1n) is 6.98. The van der Waals surface area contributed by atoms with Gasteiger partial charge in [-0.25, -0.2) is 8.42 Å². The molecule has 1 aromatic carbocycles. The third-order valence-electron chi connectivity index (χ3n) is 4.06. The third-order valence-corrected chi connectivity index (χ3v) is 5.46. The van der Waals surface area contributed by atoms with Crippen molar-refractivity contribution in [2.24, 2.45) is 16.6 Å². The van der Waals surface area contributed by atoms with Crippen molar-refractivity contribution in [3.63, 3.8) is 0 Å². The monoisotopic (exact) mass is 293 g/mol. The number of nitrogens with zero attached hydrogens (tertiary/aromatic N) is 1. The Morgan fingerprint density at radius 1 is 1.20 bits per heavy atom. The number of amidine groups is 1. The highest BCUT2D eigenvalue weighted by atomic mass is 32.2. The summed E-state index contributed by atoms with van der Waals surface area (Å²) in [4.78, 5) is 4.82. The molecule has 1 aromatic rings.